The summed E-state index contributed by atoms with van der Waals surface area (Å²) in [5, 5.41) is 2.83. The predicted octanol–water partition coefficient (Wildman–Crippen LogP) is 2.39. The molecule has 2 aromatic carbocycles. The smallest absolute Gasteiger partial charge is 0.259 e. The summed E-state index contributed by atoms with van der Waals surface area (Å²) in [6.07, 6.45) is 0.556. The number of anilines is 1. The van der Waals surface area contributed by atoms with Crippen molar-refractivity contribution in [2.75, 3.05) is 11.4 Å². The number of hydrogen-bond acceptors (Lipinski definition) is 2. The van der Waals surface area contributed by atoms with Crippen LogP contribution in [-0.2, 0) is 11.2 Å². The van der Waals surface area contributed by atoms with Gasteiger partial charge in [-0.05, 0) is 30.7 Å². The van der Waals surface area contributed by atoms with Gasteiger partial charge in [-0.1, -0.05) is 36.4 Å². The number of nitrogens with one attached hydrogen (secondary N) is 1. The van der Waals surface area contributed by atoms with Gasteiger partial charge in [0.15, 0.2) is 0 Å². The Morgan fingerprint density at radius 3 is 2.50 bits per heavy atom. The normalized spacial score (nSPS) is 16.2. The van der Waals surface area contributed by atoms with Crippen LogP contribution in [-0.4, -0.2) is 24.4 Å². The van der Waals surface area contributed by atoms with Crippen molar-refractivity contribution >= 4 is 17.5 Å². The van der Waals surface area contributed by atoms with Crippen LogP contribution in [0, 0.1) is 0 Å². The maximum Gasteiger partial charge on any atom is 0.259 e. The van der Waals surface area contributed by atoms with E-state index < -0.39 is 6.04 Å². The van der Waals surface area contributed by atoms with Gasteiger partial charge in [0.25, 0.3) is 5.91 Å². The van der Waals surface area contributed by atoms with Crippen LogP contribution in [0.5, 0.6) is 0 Å². The monoisotopic (exact) mass is 294 g/mol. The molecule has 0 unspecified atom stereocenters. The fourth-order valence-electron chi connectivity index (χ4n) is 2.86. The molecule has 112 valence electrons. The first-order chi connectivity index (χ1) is 10.7. The summed E-state index contributed by atoms with van der Waals surface area (Å²) < 4.78 is 0. The van der Waals surface area contributed by atoms with Gasteiger partial charge in [-0.3, -0.25) is 14.5 Å². The van der Waals surface area contributed by atoms with E-state index in [4.69, 9.17) is 0 Å². The number of hydrogen-bond donors (Lipinski definition) is 1. The van der Waals surface area contributed by atoms with Crippen molar-refractivity contribution in [2.24, 2.45) is 0 Å². The number of rotatable bonds is 3. The molecule has 0 radical (unpaired) electrons. The third-order valence-electron chi connectivity index (χ3n) is 3.87. The predicted molar refractivity (Wildman–Crippen MR) is 85.9 cm³/mol. The summed E-state index contributed by atoms with van der Waals surface area (Å²) in [6, 6.07) is 16.3. The molecule has 0 saturated heterocycles. The summed E-state index contributed by atoms with van der Waals surface area (Å²) >= 11 is 0. The highest BCUT2D eigenvalue weighted by Gasteiger charge is 2.38. The van der Waals surface area contributed by atoms with E-state index in [1.165, 1.54) is 0 Å². The molecule has 0 bridgehead atoms. The van der Waals surface area contributed by atoms with E-state index in [2.05, 4.69) is 5.32 Å². The average Bonchev–Trinajstić information content (AvgIpc) is 2.95. The van der Waals surface area contributed by atoms with Gasteiger partial charge in [-0.25, -0.2) is 0 Å². The zero-order valence-corrected chi connectivity index (χ0v) is 12.5. The number of carbonyl (C=O) groups is 2. The summed E-state index contributed by atoms with van der Waals surface area (Å²) in [7, 11) is 0. The Hall–Kier alpha value is -2.62. The molecule has 2 amide bonds. The Labute approximate surface area is 129 Å². The lowest BCUT2D eigenvalue weighted by Crippen LogP contribution is -2.48. The van der Waals surface area contributed by atoms with Crippen molar-refractivity contribution in [1.82, 2.24) is 5.32 Å². The molecular weight excluding hydrogens is 276 g/mol. The number of nitrogens with zero attached hydrogens (tertiary/aromatic N) is 1. The first kappa shape index (κ1) is 14.3. The lowest BCUT2D eigenvalue weighted by atomic mass is 10.1. The first-order valence-corrected chi connectivity index (χ1v) is 7.46. The van der Waals surface area contributed by atoms with E-state index in [-0.39, 0.29) is 11.8 Å². The van der Waals surface area contributed by atoms with E-state index >= 15 is 0 Å². The molecule has 0 aliphatic carbocycles. The van der Waals surface area contributed by atoms with Crippen molar-refractivity contribution < 1.29 is 9.59 Å². The molecule has 1 aliphatic heterocycles. The number of fused-ring (bicyclic) bond motifs is 1. The van der Waals surface area contributed by atoms with Gasteiger partial charge in [0.05, 0.1) is 0 Å². The lowest BCUT2D eigenvalue weighted by Gasteiger charge is -2.24. The molecule has 1 atom stereocenters. The lowest BCUT2D eigenvalue weighted by molar-refractivity contribution is -0.122. The maximum absolute atomic E-state index is 12.9. The quantitative estimate of drug-likeness (QED) is 0.945. The average molecular weight is 294 g/mol. The largest absolute Gasteiger partial charge is 0.355 e. The van der Waals surface area contributed by atoms with Gasteiger partial charge in [-0.15, -0.1) is 0 Å². The minimum absolute atomic E-state index is 0.108. The van der Waals surface area contributed by atoms with Crippen LogP contribution in [0.4, 0.5) is 5.69 Å². The van der Waals surface area contributed by atoms with Crippen LogP contribution in [0.3, 0.4) is 0 Å². The van der Waals surface area contributed by atoms with Crippen LogP contribution in [0.15, 0.2) is 54.6 Å². The van der Waals surface area contributed by atoms with Crippen molar-refractivity contribution in [3.63, 3.8) is 0 Å². The van der Waals surface area contributed by atoms with Crippen molar-refractivity contribution in [1.29, 1.82) is 0 Å². The van der Waals surface area contributed by atoms with Gasteiger partial charge >= 0.3 is 0 Å². The highest BCUT2D eigenvalue weighted by atomic mass is 16.2. The molecule has 22 heavy (non-hydrogen) atoms. The van der Waals surface area contributed by atoms with E-state index in [0.717, 1.165) is 11.3 Å². The van der Waals surface area contributed by atoms with E-state index in [1.54, 1.807) is 17.0 Å². The van der Waals surface area contributed by atoms with Crippen molar-refractivity contribution in [3.05, 3.63) is 65.7 Å². The van der Waals surface area contributed by atoms with E-state index in [0.29, 0.717) is 18.5 Å². The van der Waals surface area contributed by atoms with Gasteiger partial charge in [-0.2, -0.15) is 0 Å². The van der Waals surface area contributed by atoms with Gasteiger partial charge in [0, 0.05) is 24.2 Å². The third-order valence-corrected chi connectivity index (χ3v) is 3.87. The van der Waals surface area contributed by atoms with Crippen LogP contribution in [0.25, 0.3) is 0 Å². The van der Waals surface area contributed by atoms with Crippen molar-refractivity contribution in [3.8, 4) is 0 Å². The summed E-state index contributed by atoms with van der Waals surface area (Å²) in [5.74, 6) is -0.246. The summed E-state index contributed by atoms with van der Waals surface area (Å²) in [5.41, 5.74) is 2.45. The number of amides is 2. The zero-order chi connectivity index (χ0) is 15.5. The Bertz CT molecular complexity index is 697. The van der Waals surface area contributed by atoms with Gasteiger partial charge in [0.2, 0.25) is 5.91 Å². The van der Waals surface area contributed by atoms with Gasteiger partial charge in [0.1, 0.15) is 6.04 Å². The maximum atomic E-state index is 12.9. The number of likely N-dealkylation sites (N-methyl/N-ethyl adjacent to an activating group) is 1. The molecule has 0 aromatic heterocycles. The summed E-state index contributed by atoms with van der Waals surface area (Å²) in [6.45, 7) is 2.43. The fourth-order valence-corrected chi connectivity index (χ4v) is 2.86. The minimum Gasteiger partial charge on any atom is -0.355 e. The van der Waals surface area contributed by atoms with Crippen LogP contribution in [0.1, 0.15) is 22.8 Å². The fraction of sp³-hybridized carbons (Fsp3) is 0.222. The molecule has 1 aliphatic rings. The Balaban J connectivity index is 2.00. The molecule has 4 nitrogen and oxygen atoms in total. The summed E-state index contributed by atoms with van der Waals surface area (Å²) in [4.78, 5) is 26.9. The Morgan fingerprint density at radius 2 is 1.77 bits per heavy atom. The van der Waals surface area contributed by atoms with Crippen LogP contribution < -0.4 is 10.2 Å². The van der Waals surface area contributed by atoms with E-state index in [9.17, 15) is 9.59 Å². The van der Waals surface area contributed by atoms with Crippen LogP contribution in [0.2, 0.25) is 0 Å². The minimum atomic E-state index is -0.481. The molecule has 4 heteroatoms. The molecule has 3 rings (SSSR count). The zero-order valence-electron chi connectivity index (χ0n) is 12.5. The van der Waals surface area contributed by atoms with Gasteiger partial charge < -0.3 is 5.32 Å². The SMILES string of the molecule is CCNC(=O)[C@@H]1Cc2ccccc2N1C(=O)c1ccccc1. The van der Waals surface area contributed by atoms with Crippen LogP contribution >= 0.6 is 0 Å². The van der Waals surface area contributed by atoms with Crippen molar-refractivity contribution in [2.45, 2.75) is 19.4 Å². The topological polar surface area (TPSA) is 49.4 Å². The Morgan fingerprint density at radius 1 is 1.09 bits per heavy atom. The molecule has 0 spiro atoms. The number of carbonyl (C=O) groups excluding carboxylic acids is 2. The Kier molecular flexibility index (Phi) is 3.92. The second kappa shape index (κ2) is 6.02. The highest BCUT2D eigenvalue weighted by Crippen LogP contribution is 2.33. The third kappa shape index (κ3) is 2.48. The number of benzene rings is 2. The molecule has 2 aromatic rings. The highest BCUT2D eigenvalue weighted by molar-refractivity contribution is 6.11. The molecule has 0 saturated carbocycles. The van der Waals surface area contributed by atoms with E-state index in [1.807, 2.05) is 49.4 Å². The second-order valence-electron chi connectivity index (χ2n) is 5.28. The molecule has 1 heterocycles. The second-order valence-corrected chi connectivity index (χ2v) is 5.28. The number of para-hydroxylation sites is 1. The molecule has 1 N–H and O–H groups in total. The standard InChI is InChI=1S/C18H18N2O2/c1-2-19-17(21)16-12-14-10-6-7-11-15(14)20(16)18(22)13-8-4-3-5-9-13/h3-11,16H,2,12H2,1H3,(H,19,21)/t16-/m0/s1. The molecule has 0 fully saturated rings. The first-order valence-electron chi connectivity index (χ1n) is 7.46. The molecular formula is C18H18N2O2.